The largest absolute Gasteiger partial charge is 0.444 e. The highest BCUT2D eigenvalue weighted by Crippen LogP contribution is 2.08. The number of aromatic nitrogens is 3. The fraction of sp³-hybridized carbons (Fsp3) is 0.300. The van der Waals surface area contributed by atoms with Gasteiger partial charge in [-0.1, -0.05) is 0 Å². The molecule has 0 aliphatic carbocycles. The molecule has 5 nitrogen and oxygen atoms in total. The van der Waals surface area contributed by atoms with Crippen LogP contribution >= 0.6 is 22.6 Å². The second-order valence-electron chi connectivity index (χ2n) is 3.42. The Morgan fingerprint density at radius 2 is 2.25 bits per heavy atom. The fourth-order valence-electron chi connectivity index (χ4n) is 1.27. The average Bonchev–Trinajstić information content (AvgIpc) is 2.51. The summed E-state index contributed by atoms with van der Waals surface area (Å²) in [5.74, 6) is 1.28. The van der Waals surface area contributed by atoms with Gasteiger partial charge in [0.05, 0.1) is 11.9 Å². The van der Waals surface area contributed by atoms with E-state index >= 15 is 0 Å². The average molecular weight is 331 g/mol. The van der Waals surface area contributed by atoms with E-state index in [-0.39, 0.29) is 12.1 Å². The van der Waals surface area contributed by atoms with Crippen molar-refractivity contribution in [2.75, 3.05) is 0 Å². The third kappa shape index (κ3) is 2.31. The molecule has 0 fully saturated rings. The van der Waals surface area contributed by atoms with Crippen LogP contribution in [0.25, 0.3) is 0 Å². The minimum Gasteiger partial charge on any atom is -0.444 e. The van der Waals surface area contributed by atoms with Gasteiger partial charge in [-0.2, -0.15) is 5.10 Å². The zero-order valence-corrected chi connectivity index (χ0v) is 11.1. The van der Waals surface area contributed by atoms with Crippen LogP contribution in [0.4, 0.5) is 0 Å². The minimum absolute atomic E-state index is 0.152. The van der Waals surface area contributed by atoms with Crippen LogP contribution in [0.5, 0.6) is 0 Å². The Morgan fingerprint density at radius 1 is 1.50 bits per heavy atom. The molecule has 16 heavy (non-hydrogen) atoms. The summed E-state index contributed by atoms with van der Waals surface area (Å²) < 4.78 is 7.54. The van der Waals surface area contributed by atoms with Crippen LogP contribution in [0, 0.1) is 17.4 Å². The van der Waals surface area contributed by atoms with Gasteiger partial charge in [0.2, 0.25) is 5.89 Å². The van der Waals surface area contributed by atoms with Gasteiger partial charge in [-0.05, 0) is 36.4 Å². The monoisotopic (exact) mass is 331 g/mol. The van der Waals surface area contributed by atoms with E-state index in [1.54, 1.807) is 6.20 Å². The summed E-state index contributed by atoms with van der Waals surface area (Å²) in [6.07, 6.45) is 1.63. The third-order valence-electron chi connectivity index (χ3n) is 2.19. The Hall–Kier alpha value is -1.18. The Labute approximate surface area is 106 Å². The van der Waals surface area contributed by atoms with Crippen LogP contribution in [0.1, 0.15) is 17.3 Å². The van der Waals surface area contributed by atoms with Crippen LogP contribution in [0.2, 0.25) is 0 Å². The molecule has 0 amide bonds. The van der Waals surface area contributed by atoms with Crippen LogP contribution in [0.3, 0.4) is 0 Å². The quantitative estimate of drug-likeness (QED) is 0.783. The highest BCUT2D eigenvalue weighted by Gasteiger charge is 2.07. The standard InChI is InChI=1S/C10H10IN3O2/c1-6-7(2)16-9(13-6)5-14-10(15)3-8(11)4-12-14/h3-4H,5H2,1-2H3. The van der Waals surface area contributed by atoms with Crippen molar-refractivity contribution in [2.24, 2.45) is 0 Å². The van der Waals surface area contributed by atoms with Gasteiger partial charge in [-0.3, -0.25) is 4.79 Å². The van der Waals surface area contributed by atoms with Crippen molar-refractivity contribution in [2.45, 2.75) is 20.4 Å². The van der Waals surface area contributed by atoms with Gasteiger partial charge in [-0.25, -0.2) is 9.67 Å². The Kier molecular flexibility index (Phi) is 3.08. The summed E-state index contributed by atoms with van der Waals surface area (Å²) >= 11 is 2.05. The molecular weight excluding hydrogens is 321 g/mol. The van der Waals surface area contributed by atoms with Crippen LogP contribution in [-0.2, 0) is 6.54 Å². The van der Waals surface area contributed by atoms with E-state index in [2.05, 4.69) is 10.1 Å². The van der Waals surface area contributed by atoms with E-state index in [1.807, 2.05) is 36.4 Å². The second-order valence-corrected chi connectivity index (χ2v) is 4.66. The molecule has 0 unspecified atom stereocenters. The molecule has 0 saturated heterocycles. The molecule has 0 aliphatic rings. The molecule has 0 atom stereocenters. The number of aryl methyl sites for hydroxylation is 2. The van der Waals surface area contributed by atoms with E-state index in [4.69, 9.17) is 4.42 Å². The number of halogens is 1. The lowest BCUT2D eigenvalue weighted by atomic mass is 10.4. The van der Waals surface area contributed by atoms with Gasteiger partial charge in [0.1, 0.15) is 12.3 Å². The molecular formula is C10H10IN3O2. The summed E-state index contributed by atoms with van der Waals surface area (Å²) in [6, 6.07) is 1.52. The van der Waals surface area contributed by atoms with E-state index < -0.39 is 0 Å². The van der Waals surface area contributed by atoms with Crippen LogP contribution in [-0.4, -0.2) is 14.8 Å². The first kappa shape index (κ1) is 11.3. The first-order chi connectivity index (χ1) is 7.56. The molecule has 0 saturated carbocycles. The number of hydrogen-bond acceptors (Lipinski definition) is 4. The zero-order chi connectivity index (χ0) is 11.7. The Balaban J connectivity index is 2.30. The summed E-state index contributed by atoms with van der Waals surface area (Å²) in [5, 5.41) is 4.01. The van der Waals surface area contributed by atoms with Crippen molar-refractivity contribution in [3.63, 3.8) is 0 Å². The predicted octanol–water partition coefficient (Wildman–Crippen LogP) is 1.50. The lowest BCUT2D eigenvalue weighted by molar-refractivity contribution is 0.439. The first-order valence-corrected chi connectivity index (χ1v) is 5.79. The van der Waals surface area contributed by atoms with E-state index in [0.29, 0.717) is 5.89 Å². The summed E-state index contributed by atoms with van der Waals surface area (Å²) in [4.78, 5) is 15.8. The maximum Gasteiger partial charge on any atom is 0.268 e. The van der Waals surface area contributed by atoms with Crippen LogP contribution < -0.4 is 5.56 Å². The predicted molar refractivity (Wildman–Crippen MR) is 66.3 cm³/mol. The smallest absolute Gasteiger partial charge is 0.268 e. The third-order valence-corrected chi connectivity index (χ3v) is 2.78. The molecule has 0 bridgehead atoms. The number of oxazole rings is 1. The fourth-order valence-corrected chi connectivity index (χ4v) is 1.66. The van der Waals surface area contributed by atoms with E-state index in [9.17, 15) is 4.79 Å². The van der Waals surface area contributed by atoms with Gasteiger partial charge >= 0.3 is 0 Å². The second kappa shape index (κ2) is 4.36. The van der Waals surface area contributed by atoms with E-state index in [0.717, 1.165) is 15.0 Å². The molecule has 0 aromatic carbocycles. The molecule has 2 aromatic rings. The first-order valence-electron chi connectivity index (χ1n) is 4.72. The zero-order valence-electron chi connectivity index (χ0n) is 8.90. The van der Waals surface area contributed by atoms with Gasteiger partial charge in [0.15, 0.2) is 0 Å². The highest BCUT2D eigenvalue weighted by molar-refractivity contribution is 14.1. The SMILES string of the molecule is Cc1nc(Cn2ncc(I)cc2=O)oc1C. The number of nitrogens with zero attached hydrogens (tertiary/aromatic N) is 3. The van der Waals surface area contributed by atoms with Gasteiger partial charge in [0.25, 0.3) is 5.56 Å². The van der Waals surface area contributed by atoms with Gasteiger partial charge < -0.3 is 4.42 Å². The normalized spacial score (nSPS) is 10.7. The topological polar surface area (TPSA) is 60.9 Å². The molecule has 84 valence electrons. The highest BCUT2D eigenvalue weighted by atomic mass is 127. The van der Waals surface area contributed by atoms with Gasteiger partial charge in [-0.15, -0.1) is 0 Å². The summed E-state index contributed by atoms with van der Waals surface area (Å²) in [7, 11) is 0. The summed E-state index contributed by atoms with van der Waals surface area (Å²) in [5.41, 5.74) is 0.689. The van der Waals surface area contributed by atoms with Crippen LogP contribution in [0.15, 0.2) is 21.5 Å². The van der Waals surface area contributed by atoms with Gasteiger partial charge in [0, 0.05) is 9.64 Å². The number of hydrogen-bond donors (Lipinski definition) is 0. The van der Waals surface area contributed by atoms with Crippen molar-refractivity contribution in [3.8, 4) is 0 Å². The molecule has 2 heterocycles. The van der Waals surface area contributed by atoms with E-state index in [1.165, 1.54) is 10.7 Å². The Morgan fingerprint density at radius 3 is 2.81 bits per heavy atom. The molecule has 0 spiro atoms. The maximum atomic E-state index is 11.6. The molecule has 6 heteroatoms. The molecule has 2 aromatic heterocycles. The molecule has 0 aliphatic heterocycles. The Bertz CT molecular complexity index is 554. The minimum atomic E-state index is -0.152. The number of rotatable bonds is 2. The maximum absolute atomic E-state index is 11.6. The van der Waals surface area contributed by atoms with Crippen molar-refractivity contribution >= 4 is 22.6 Å². The van der Waals surface area contributed by atoms with Crippen molar-refractivity contribution < 1.29 is 4.42 Å². The lowest BCUT2D eigenvalue weighted by Crippen LogP contribution is -2.22. The van der Waals surface area contributed by atoms with Crippen molar-refractivity contribution in [1.29, 1.82) is 0 Å². The lowest BCUT2D eigenvalue weighted by Gasteiger charge is -1.99. The molecule has 2 rings (SSSR count). The summed E-state index contributed by atoms with van der Waals surface area (Å²) in [6.45, 7) is 3.98. The van der Waals surface area contributed by atoms with Crippen molar-refractivity contribution in [3.05, 3.63) is 43.5 Å². The van der Waals surface area contributed by atoms with Crippen molar-refractivity contribution in [1.82, 2.24) is 14.8 Å². The molecule has 0 N–H and O–H groups in total. The molecule has 0 radical (unpaired) electrons.